The predicted octanol–water partition coefficient (Wildman–Crippen LogP) is 5.86. The monoisotopic (exact) mass is 456 g/mol. The molecule has 0 aliphatic rings. The number of methoxy groups -OCH3 is 1. The minimum atomic E-state index is -0.245. The Hall–Kier alpha value is -3.60. The van der Waals surface area contributed by atoms with Crippen LogP contribution in [0.3, 0.4) is 0 Å². The van der Waals surface area contributed by atoms with Crippen molar-refractivity contribution >= 4 is 17.0 Å². The van der Waals surface area contributed by atoms with Crippen molar-refractivity contribution in [2.24, 2.45) is 0 Å². The number of carbonyl (C=O) groups is 1. The number of H-pyrrole nitrogens is 1. The van der Waals surface area contributed by atoms with E-state index in [0.717, 1.165) is 60.5 Å². The van der Waals surface area contributed by atoms with Gasteiger partial charge in [0.15, 0.2) is 0 Å². The number of hydrogen-bond acceptors (Lipinski definition) is 4. The first-order valence-electron chi connectivity index (χ1n) is 12.0. The third kappa shape index (κ3) is 6.95. The van der Waals surface area contributed by atoms with Crippen LogP contribution in [-0.2, 0) is 35.2 Å². The van der Waals surface area contributed by atoms with Gasteiger partial charge in [0.05, 0.1) is 31.2 Å². The van der Waals surface area contributed by atoms with Crippen LogP contribution in [0.25, 0.3) is 11.0 Å². The van der Waals surface area contributed by atoms with E-state index >= 15 is 0 Å². The number of rotatable bonds is 12. The smallest absolute Gasteiger partial charge is 0.309 e. The average molecular weight is 457 g/mol. The summed E-state index contributed by atoms with van der Waals surface area (Å²) in [6, 6.07) is 24.9. The molecule has 0 spiro atoms. The molecule has 1 heterocycles. The summed E-state index contributed by atoms with van der Waals surface area (Å²) in [5.74, 6) is 1.63. The molecule has 0 bridgehead atoms. The van der Waals surface area contributed by atoms with Crippen LogP contribution < -0.4 is 4.74 Å². The molecule has 0 saturated carbocycles. The molecule has 176 valence electrons. The van der Waals surface area contributed by atoms with Crippen LogP contribution >= 0.6 is 0 Å². The molecule has 34 heavy (non-hydrogen) atoms. The van der Waals surface area contributed by atoms with Gasteiger partial charge in [0.25, 0.3) is 0 Å². The highest BCUT2D eigenvalue weighted by atomic mass is 16.5. The standard InChI is InChI=1S/C29H32N2O3/c1-33-29(32)21-24-13-17-26-27(20-24)31-28(30-26)18-14-23-11-15-25(16-12-23)34-19-7-3-6-10-22-8-4-2-5-9-22/h2,4-5,8-9,11-13,15-17,20H,3,6-7,10,14,18-19,21H2,1H3,(H,30,31). The Morgan fingerprint density at radius 1 is 0.824 bits per heavy atom. The molecule has 4 rings (SSSR count). The maximum absolute atomic E-state index is 11.5. The minimum absolute atomic E-state index is 0.245. The summed E-state index contributed by atoms with van der Waals surface area (Å²) in [6.45, 7) is 0.755. The van der Waals surface area contributed by atoms with Gasteiger partial charge in [-0.15, -0.1) is 0 Å². The van der Waals surface area contributed by atoms with E-state index in [9.17, 15) is 4.79 Å². The highest BCUT2D eigenvalue weighted by Crippen LogP contribution is 2.18. The highest BCUT2D eigenvalue weighted by molar-refractivity contribution is 5.79. The first-order chi connectivity index (χ1) is 16.7. The molecule has 0 radical (unpaired) electrons. The number of aromatic amines is 1. The SMILES string of the molecule is COC(=O)Cc1ccc2[nH]c(CCc3ccc(OCCCCCc4ccccc4)cc3)nc2c1. The number of unbranched alkanes of at least 4 members (excludes halogenated alkanes) is 2. The normalized spacial score (nSPS) is 11.0. The molecule has 4 aromatic rings. The number of fused-ring (bicyclic) bond motifs is 1. The number of carbonyl (C=O) groups excluding carboxylic acids is 1. The van der Waals surface area contributed by atoms with Gasteiger partial charge in [-0.25, -0.2) is 4.98 Å². The summed E-state index contributed by atoms with van der Waals surface area (Å²) in [4.78, 5) is 19.6. The van der Waals surface area contributed by atoms with E-state index in [4.69, 9.17) is 14.5 Å². The Morgan fingerprint density at radius 3 is 2.38 bits per heavy atom. The van der Waals surface area contributed by atoms with Gasteiger partial charge in [-0.2, -0.15) is 0 Å². The van der Waals surface area contributed by atoms with E-state index in [2.05, 4.69) is 59.6 Å². The molecular formula is C29H32N2O3. The van der Waals surface area contributed by atoms with E-state index in [0.29, 0.717) is 0 Å². The van der Waals surface area contributed by atoms with E-state index in [1.165, 1.54) is 31.1 Å². The molecule has 0 unspecified atom stereocenters. The van der Waals surface area contributed by atoms with Gasteiger partial charge in [0, 0.05) is 6.42 Å². The first-order valence-corrected chi connectivity index (χ1v) is 12.0. The van der Waals surface area contributed by atoms with Crippen LogP contribution in [-0.4, -0.2) is 29.7 Å². The number of aryl methyl sites for hydroxylation is 3. The quantitative estimate of drug-likeness (QED) is 0.214. The molecular weight excluding hydrogens is 424 g/mol. The second kappa shape index (κ2) is 12.0. The van der Waals surface area contributed by atoms with Gasteiger partial charge in [0.2, 0.25) is 0 Å². The lowest BCUT2D eigenvalue weighted by Gasteiger charge is -2.07. The Bertz CT molecular complexity index is 1180. The molecule has 0 amide bonds. The number of benzene rings is 3. The van der Waals surface area contributed by atoms with Crippen LogP contribution in [0.4, 0.5) is 0 Å². The van der Waals surface area contributed by atoms with E-state index in [1.54, 1.807) is 0 Å². The summed E-state index contributed by atoms with van der Waals surface area (Å²) in [5.41, 5.74) is 5.43. The topological polar surface area (TPSA) is 64.2 Å². The first kappa shape index (κ1) is 23.6. The van der Waals surface area contributed by atoms with Gasteiger partial charge >= 0.3 is 5.97 Å². The van der Waals surface area contributed by atoms with Crippen molar-refractivity contribution < 1.29 is 14.3 Å². The fourth-order valence-electron chi connectivity index (χ4n) is 4.03. The number of ether oxygens (including phenoxy) is 2. The Kier molecular flexibility index (Phi) is 8.33. The van der Waals surface area contributed by atoms with Gasteiger partial charge in [-0.3, -0.25) is 4.79 Å². The molecule has 1 N–H and O–H groups in total. The largest absolute Gasteiger partial charge is 0.494 e. The second-order valence-corrected chi connectivity index (χ2v) is 8.58. The number of aromatic nitrogens is 2. The average Bonchev–Trinajstić information content (AvgIpc) is 3.28. The van der Waals surface area contributed by atoms with Crippen LogP contribution in [0.15, 0.2) is 72.8 Å². The molecule has 0 fully saturated rings. The van der Waals surface area contributed by atoms with E-state index in [1.807, 2.05) is 18.2 Å². The summed E-state index contributed by atoms with van der Waals surface area (Å²) < 4.78 is 10.7. The summed E-state index contributed by atoms with van der Waals surface area (Å²) in [7, 11) is 1.40. The van der Waals surface area contributed by atoms with Gasteiger partial charge in [-0.05, 0) is 73.1 Å². The molecule has 0 aliphatic heterocycles. The number of hydrogen-bond donors (Lipinski definition) is 1. The van der Waals surface area contributed by atoms with Gasteiger partial charge in [-0.1, -0.05) is 48.5 Å². The number of nitrogens with zero attached hydrogens (tertiary/aromatic N) is 1. The fourth-order valence-corrected chi connectivity index (χ4v) is 4.03. The van der Waals surface area contributed by atoms with Gasteiger partial charge in [0.1, 0.15) is 11.6 Å². The van der Waals surface area contributed by atoms with Crippen molar-refractivity contribution in [2.45, 2.75) is 44.9 Å². The van der Waals surface area contributed by atoms with E-state index < -0.39 is 0 Å². The van der Waals surface area contributed by atoms with Gasteiger partial charge < -0.3 is 14.5 Å². The molecule has 5 heteroatoms. The van der Waals surface area contributed by atoms with E-state index in [-0.39, 0.29) is 12.4 Å². The predicted molar refractivity (Wildman–Crippen MR) is 135 cm³/mol. The molecule has 1 aromatic heterocycles. The zero-order valence-electron chi connectivity index (χ0n) is 19.8. The van der Waals surface area contributed by atoms with Crippen molar-refractivity contribution in [1.82, 2.24) is 9.97 Å². The Labute approximate surface area is 201 Å². The maximum Gasteiger partial charge on any atom is 0.309 e. The van der Waals surface area contributed by atoms with Crippen molar-refractivity contribution in [1.29, 1.82) is 0 Å². The van der Waals surface area contributed by atoms with Crippen molar-refractivity contribution in [3.8, 4) is 5.75 Å². The Balaban J connectivity index is 1.18. The van der Waals surface area contributed by atoms with Crippen LogP contribution in [0.1, 0.15) is 41.8 Å². The second-order valence-electron chi connectivity index (χ2n) is 8.58. The number of esters is 1. The Morgan fingerprint density at radius 2 is 1.59 bits per heavy atom. The molecule has 3 aromatic carbocycles. The fraction of sp³-hybridized carbons (Fsp3) is 0.310. The van der Waals surface area contributed by atoms with Crippen LogP contribution in [0.5, 0.6) is 5.75 Å². The number of imidazole rings is 1. The lowest BCUT2D eigenvalue weighted by molar-refractivity contribution is -0.139. The lowest BCUT2D eigenvalue weighted by atomic mass is 10.1. The molecule has 0 atom stereocenters. The number of nitrogens with one attached hydrogen (secondary N) is 1. The van der Waals surface area contributed by atoms with Crippen LogP contribution in [0.2, 0.25) is 0 Å². The lowest BCUT2D eigenvalue weighted by Crippen LogP contribution is -2.04. The molecule has 0 saturated heterocycles. The van der Waals surface area contributed by atoms with Crippen molar-refractivity contribution in [3.63, 3.8) is 0 Å². The zero-order valence-corrected chi connectivity index (χ0v) is 19.8. The van der Waals surface area contributed by atoms with Crippen molar-refractivity contribution in [3.05, 3.63) is 95.3 Å². The summed E-state index contributed by atoms with van der Waals surface area (Å²) in [6.07, 6.45) is 6.56. The zero-order chi connectivity index (χ0) is 23.6. The van der Waals surface area contributed by atoms with Crippen LogP contribution in [0, 0.1) is 0 Å². The minimum Gasteiger partial charge on any atom is -0.494 e. The summed E-state index contributed by atoms with van der Waals surface area (Å²) in [5, 5.41) is 0. The van der Waals surface area contributed by atoms with Crippen molar-refractivity contribution in [2.75, 3.05) is 13.7 Å². The third-order valence-corrected chi connectivity index (χ3v) is 5.97. The maximum atomic E-state index is 11.5. The molecule has 5 nitrogen and oxygen atoms in total. The third-order valence-electron chi connectivity index (χ3n) is 5.97. The highest BCUT2D eigenvalue weighted by Gasteiger charge is 2.08. The molecule has 0 aliphatic carbocycles. The summed E-state index contributed by atoms with van der Waals surface area (Å²) >= 11 is 0.